The standard InChI is InChI=1S/C19H15NS/c1-19(2)14-8-5-7-13-12-6-3-4-9-15(12)20(17(13)14)16-10-11-21-18(16)19/h3-11H,1-2H3. The molecule has 0 spiro atoms. The van der Waals surface area contributed by atoms with E-state index in [9.17, 15) is 0 Å². The Hall–Kier alpha value is -2.06. The third-order valence-electron chi connectivity index (χ3n) is 4.82. The van der Waals surface area contributed by atoms with Crippen LogP contribution in [0, 0.1) is 0 Å². The van der Waals surface area contributed by atoms with Gasteiger partial charge in [-0.15, -0.1) is 11.3 Å². The minimum atomic E-state index is 0.0768. The zero-order chi connectivity index (χ0) is 14.2. The van der Waals surface area contributed by atoms with Gasteiger partial charge in [0.15, 0.2) is 0 Å². The summed E-state index contributed by atoms with van der Waals surface area (Å²) in [6.07, 6.45) is 0. The first kappa shape index (κ1) is 11.6. The summed E-state index contributed by atoms with van der Waals surface area (Å²) in [5.41, 5.74) is 5.57. The normalized spacial score (nSPS) is 15.5. The van der Waals surface area contributed by atoms with Crippen LogP contribution in [0.3, 0.4) is 0 Å². The highest BCUT2D eigenvalue weighted by Gasteiger charge is 2.35. The van der Waals surface area contributed by atoms with E-state index in [-0.39, 0.29) is 5.41 Å². The summed E-state index contributed by atoms with van der Waals surface area (Å²) in [6, 6.07) is 17.8. The molecule has 0 unspecified atom stereocenters. The highest BCUT2D eigenvalue weighted by molar-refractivity contribution is 7.10. The summed E-state index contributed by atoms with van der Waals surface area (Å²) in [7, 11) is 0. The van der Waals surface area contributed by atoms with E-state index in [1.807, 2.05) is 11.3 Å². The number of fused-ring (bicyclic) bond motifs is 5. The summed E-state index contributed by atoms with van der Waals surface area (Å²) in [5.74, 6) is 0. The SMILES string of the molecule is CC1(C)c2sccc2-n2c3ccccc3c3cccc1c32. The summed E-state index contributed by atoms with van der Waals surface area (Å²) in [4.78, 5) is 1.46. The molecule has 5 rings (SSSR count). The van der Waals surface area contributed by atoms with Gasteiger partial charge in [-0.05, 0) is 23.1 Å². The zero-order valence-electron chi connectivity index (χ0n) is 12.1. The van der Waals surface area contributed by atoms with Crippen LogP contribution in [0.4, 0.5) is 0 Å². The Balaban J connectivity index is 2.16. The predicted octanol–water partition coefficient (Wildman–Crippen LogP) is 5.48. The van der Waals surface area contributed by atoms with Crippen molar-refractivity contribution in [3.05, 3.63) is 64.4 Å². The van der Waals surface area contributed by atoms with E-state index < -0.39 is 0 Å². The second-order valence-electron chi connectivity index (χ2n) is 6.31. The fraction of sp³-hybridized carbons (Fsp3) is 0.158. The van der Waals surface area contributed by atoms with Crippen LogP contribution < -0.4 is 0 Å². The molecular weight excluding hydrogens is 274 g/mol. The largest absolute Gasteiger partial charge is 0.308 e. The van der Waals surface area contributed by atoms with E-state index >= 15 is 0 Å². The van der Waals surface area contributed by atoms with E-state index in [1.165, 1.54) is 37.9 Å². The van der Waals surface area contributed by atoms with Crippen LogP contribution in [0.25, 0.3) is 27.5 Å². The number of thiophene rings is 1. The highest BCUT2D eigenvalue weighted by atomic mass is 32.1. The van der Waals surface area contributed by atoms with E-state index in [2.05, 4.69) is 72.3 Å². The van der Waals surface area contributed by atoms with Gasteiger partial charge in [0.25, 0.3) is 0 Å². The molecule has 1 nitrogen and oxygen atoms in total. The number of nitrogens with zero attached hydrogens (tertiary/aromatic N) is 1. The van der Waals surface area contributed by atoms with Gasteiger partial charge in [-0.2, -0.15) is 0 Å². The maximum absolute atomic E-state index is 2.46. The molecule has 21 heavy (non-hydrogen) atoms. The Bertz CT molecular complexity index is 1020. The second kappa shape index (κ2) is 3.58. The lowest BCUT2D eigenvalue weighted by atomic mass is 9.79. The number of benzene rings is 2. The molecule has 0 saturated heterocycles. The molecular formula is C19H15NS. The summed E-state index contributed by atoms with van der Waals surface area (Å²) in [5, 5.41) is 4.94. The van der Waals surface area contributed by atoms with E-state index in [0.29, 0.717) is 0 Å². The lowest BCUT2D eigenvalue weighted by molar-refractivity contribution is 0.646. The van der Waals surface area contributed by atoms with Crippen molar-refractivity contribution in [2.75, 3.05) is 0 Å². The van der Waals surface area contributed by atoms with Crippen molar-refractivity contribution in [1.82, 2.24) is 4.57 Å². The molecule has 1 aliphatic rings. The van der Waals surface area contributed by atoms with Crippen LogP contribution in [-0.2, 0) is 5.41 Å². The van der Waals surface area contributed by atoms with Crippen LogP contribution >= 0.6 is 11.3 Å². The molecule has 4 aromatic rings. The molecule has 0 bridgehead atoms. The maximum atomic E-state index is 2.46. The van der Waals surface area contributed by atoms with Crippen molar-refractivity contribution in [3.8, 4) is 5.69 Å². The average molecular weight is 289 g/mol. The smallest absolute Gasteiger partial charge is 0.0610 e. The van der Waals surface area contributed by atoms with Gasteiger partial charge < -0.3 is 4.57 Å². The third-order valence-corrected chi connectivity index (χ3v) is 6.05. The third kappa shape index (κ3) is 1.23. The molecule has 2 heteroatoms. The first-order chi connectivity index (χ1) is 10.2. The van der Waals surface area contributed by atoms with Gasteiger partial charge in [0.1, 0.15) is 0 Å². The van der Waals surface area contributed by atoms with Crippen molar-refractivity contribution in [3.63, 3.8) is 0 Å². The van der Waals surface area contributed by atoms with Crippen LogP contribution in [0.2, 0.25) is 0 Å². The molecule has 102 valence electrons. The number of hydrogen-bond acceptors (Lipinski definition) is 1. The molecule has 2 aromatic carbocycles. The molecule has 3 heterocycles. The molecule has 0 atom stereocenters. The average Bonchev–Trinajstić information content (AvgIpc) is 3.08. The van der Waals surface area contributed by atoms with Gasteiger partial charge in [0.2, 0.25) is 0 Å². The van der Waals surface area contributed by atoms with Gasteiger partial charge in [-0.1, -0.05) is 50.2 Å². The Morgan fingerprint density at radius 2 is 1.71 bits per heavy atom. The molecule has 0 fully saturated rings. The van der Waals surface area contributed by atoms with Gasteiger partial charge in [0.05, 0.1) is 16.7 Å². The van der Waals surface area contributed by atoms with Crippen molar-refractivity contribution in [1.29, 1.82) is 0 Å². The van der Waals surface area contributed by atoms with Crippen LogP contribution in [0.15, 0.2) is 53.9 Å². The highest BCUT2D eigenvalue weighted by Crippen LogP contribution is 2.49. The van der Waals surface area contributed by atoms with Gasteiger partial charge in [0, 0.05) is 21.1 Å². The molecule has 0 amide bonds. The topological polar surface area (TPSA) is 4.93 Å². The summed E-state index contributed by atoms with van der Waals surface area (Å²) < 4.78 is 2.46. The van der Waals surface area contributed by atoms with Crippen molar-refractivity contribution in [2.45, 2.75) is 19.3 Å². The van der Waals surface area contributed by atoms with Crippen LogP contribution in [0.1, 0.15) is 24.3 Å². The van der Waals surface area contributed by atoms with Crippen LogP contribution in [0.5, 0.6) is 0 Å². The summed E-state index contributed by atoms with van der Waals surface area (Å²) >= 11 is 1.87. The van der Waals surface area contributed by atoms with Gasteiger partial charge in [-0.3, -0.25) is 0 Å². The van der Waals surface area contributed by atoms with Crippen LogP contribution in [-0.4, -0.2) is 4.57 Å². The Morgan fingerprint density at radius 1 is 0.905 bits per heavy atom. The van der Waals surface area contributed by atoms with Gasteiger partial charge in [-0.25, -0.2) is 0 Å². The fourth-order valence-corrected chi connectivity index (χ4v) is 4.86. The lowest BCUT2D eigenvalue weighted by Gasteiger charge is -2.32. The first-order valence-corrected chi connectivity index (χ1v) is 8.18. The predicted molar refractivity (Wildman–Crippen MR) is 90.8 cm³/mol. The molecule has 0 aliphatic carbocycles. The minimum Gasteiger partial charge on any atom is -0.308 e. The number of rotatable bonds is 0. The van der Waals surface area contributed by atoms with Crippen molar-refractivity contribution < 1.29 is 0 Å². The Morgan fingerprint density at radius 3 is 2.62 bits per heavy atom. The Kier molecular flexibility index (Phi) is 1.97. The first-order valence-electron chi connectivity index (χ1n) is 7.30. The number of aromatic nitrogens is 1. The number of para-hydroxylation sites is 2. The quantitative estimate of drug-likeness (QED) is 0.404. The number of hydrogen-bond donors (Lipinski definition) is 0. The molecule has 0 radical (unpaired) electrons. The van der Waals surface area contributed by atoms with Gasteiger partial charge >= 0.3 is 0 Å². The molecule has 0 saturated carbocycles. The monoisotopic (exact) mass is 289 g/mol. The second-order valence-corrected chi connectivity index (χ2v) is 7.23. The Labute approximate surface area is 127 Å². The summed E-state index contributed by atoms with van der Waals surface area (Å²) in [6.45, 7) is 4.69. The molecule has 1 aliphatic heterocycles. The lowest BCUT2D eigenvalue weighted by Crippen LogP contribution is -2.24. The van der Waals surface area contributed by atoms with E-state index in [0.717, 1.165) is 0 Å². The molecule has 2 aromatic heterocycles. The minimum absolute atomic E-state index is 0.0768. The van der Waals surface area contributed by atoms with E-state index in [4.69, 9.17) is 0 Å². The van der Waals surface area contributed by atoms with Crippen molar-refractivity contribution >= 4 is 33.1 Å². The van der Waals surface area contributed by atoms with Crippen molar-refractivity contribution in [2.24, 2.45) is 0 Å². The fourth-order valence-electron chi connectivity index (χ4n) is 3.84. The zero-order valence-corrected chi connectivity index (χ0v) is 12.9. The van der Waals surface area contributed by atoms with E-state index in [1.54, 1.807) is 0 Å². The molecule has 0 N–H and O–H groups in total. The maximum Gasteiger partial charge on any atom is 0.0610 e.